The van der Waals surface area contributed by atoms with Crippen LogP contribution in [0.25, 0.3) is 22.2 Å². The summed E-state index contributed by atoms with van der Waals surface area (Å²) in [6, 6.07) is 11.5. The number of carboxylic acid groups (broad SMARTS) is 1. The third-order valence-corrected chi connectivity index (χ3v) is 4.43. The van der Waals surface area contributed by atoms with E-state index in [0.717, 1.165) is 30.9 Å². The van der Waals surface area contributed by atoms with Crippen LogP contribution >= 0.6 is 0 Å². The summed E-state index contributed by atoms with van der Waals surface area (Å²) in [6.07, 6.45) is -1.77. The third-order valence-electron chi connectivity index (χ3n) is 4.43. The zero-order valence-corrected chi connectivity index (χ0v) is 14.7. The van der Waals surface area contributed by atoms with Gasteiger partial charge in [0.05, 0.1) is 22.3 Å². The predicted molar refractivity (Wildman–Crippen MR) is 97.8 cm³/mol. The quantitative estimate of drug-likeness (QED) is 0.600. The van der Waals surface area contributed by atoms with Crippen molar-refractivity contribution in [3.8, 4) is 11.3 Å². The van der Waals surface area contributed by atoms with Crippen LogP contribution in [-0.2, 0) is 12.6 Å². The van der Waals surface area contributed by atoms with Crippen LogP contribution in [0.15, 0.2) is 48.5 Å². The molecule has 3 rings (SSSR count). The number of nitrogens with zero attached hydrogens (tertiary/aromatic N) is 1. The Balaban J connectivity index is 2.21. The molecule has 140 valence electrons. The molecule has 0 radical (unpaired) electrons. The van der Waals surface area contributed by atoms with Gasteiger partial charge in [-0.25, -0.2) is 9.78 Å². The van der Waals surface area contributed by atoms with E-state index in [1.165, 1.54) is 24.3 Å². The van der Waals surface area contributed by atoms with Gasteiger partial charge in [-0.3, -0.25) is 0 Å². The summed E-state index contributed by atoms with van der Waals surface area (Å²) >= 11 is 0. The summed E-state index contributed by atoms with van der Waals surface area (Å²) in [5.41, 5.74) is 0.316. The van der Waals surface area contributed by atoms with Gasteiger partial charge in [-0.15, -0.1) is 0 Å². The molecule has 0 aliphatic heterocycles. The number of carboxylic acids is 1. The van der Waals surface area contributed by atoms with E-state index in [0.29, 0.717) is 10.9 Å². The Morgan fingerprint density at radius 1 is 1.11 bits per heavy atom. The SMILES string of the molecule is CCCCc1ccc2nc(-c3ccccc3C(F)(F)F)cc(C(=O)O)c2c1. The van der Waals surface area contributed by atoms with E-state index in [4.69, 9.17) is 0 Å². The van der Waals surface area contributed by atoms with Gasteiger partial charge in [0, 0.05) is 10.9 Å². The van der Waals surface area contributed by atoms with Gasteiger partial charge in [-0.1, -0.05) is 37.6 Å². The smallest absolute Gasteiger partial charge is 0.417 e. The van der Waals surface area contributed by atoms with E-state index < -0.39 is 17.7 Å². The van der Waals surface area contributed by atoms with E-state index in [-0.39, 0.29) is 16.8 Å². The lowest BCUT2D eigenvalue weighted by Crippen LogP contribution is -2.08. The van der Waals surface area contributed by atoms with Gasteiger partial charge in [0.2, 0.25) is 0 Å². The van der Waals surface area contributed by atoms with E-state index >= 15 is 0 Å². The molecule has 1 heterocycles. The number of aromatic carboxylic acids is 1. The normalized spacial score (nSPS) is 11.7. The predicted octanol–water partition coefficient (Wildman–Crippen LogP) is 5.96. The minimum atomic E-state index is -4.55. The topological polar surface area (TPSA) is 50.2 Å². The molecular formula is C21H18F3NO2. The summed E-state index contributed by atoms with van der Waals surface area (Å²) in [4.78, 5) is 16.1. The minimum absolute atomic E-state index is 0.00543. The summed E-state index contributed by atoms with van der Waals surface area (Å²) in [5, 5.41) is 10.0. The van der Waals surface area contributed by atoms with E-state index in [9.17, 15) is 23.1 Å². The molecule has 3 aromatic rings. The lowest BCUT2D eigenvalue weighted by molar-refractivity contribution is -0.137. The Bertz CT molecular complexity index is 996. The fourth-order valence-corrected chi connectivity index (χ4v) is 3.08. The lowest BCUT2D eigenvalue weighted by Gasteiger charge is -2.14. The standard InChI is InChI=1S/C21H18F3NO2/c1-2-3-6-13-9-10-18-15(11-13)16(20(26)27)12-19(25-18)14-7-4-5-8-17(14)21(22,23)24/h4-5,7-12H,2-3,6H2,1H3,(H,26,27). The average Bonchev–Trinajstić information content (AvgIpc) is 2.64. The van der Waals surface area contributed by atoms with Crippen LogP contribution in [0.4, 0.5) is 13.2 Å². The van der Waals surface area contributed by atoms with Crippen molar-refractivity contribution in [1.82, 2.24) is 4.98 Å². The molecule has 0 bridgehead atoms. The highest BCUT2D eigenvalue weighted by Gasteiger charge is 2.34. The number of rotatable bonds is 5. The van der Waals surface area contributed by atoms with Crippen LogP contribution in [0.5, 0.6) is 0 Å². The Hall–Kier alpha value is -2.89. The molecule has 27 heavy (non-hydrogen) atoms. The molecule has 0 atom stereocenters. The van der Waals surface area contributed by atoms with E-state index in [1.807, 2.05) is 6.07 Å². The maximum Gasteiger partial charge on any atom is 0.417 e. The maximum absolute atomic E-state index is 13.3. The number of benzene rings is 2. The number of hydrogen-bond donors (Lipinski definition) is 1. The monoisotopic (exact) mass is 373 g/mol. The number of alkyl halides is 3. The van der Waals surface area contributed by atoms with Gasteiger partial charge in [0.25, 0.3) is 0 Å². The largest absolute Gasteiger partial charge is 0.478 e. The second-order valence-corrected chi connectivity index (χ2v) is 6.36. The summed E-state index contributed by atoms with van der Waals surface area (Å²) in [5.74, 6) is -1.19. The number of aryl methyl sites for hydroxylation is 1. The highest BCUT2D eigenvalue weighted by atomic mass is 19.4. The van der Waals surface area contributed by atoms with E-state index in [2.05, 4.69) is 11.9 Å². The molecule has 3 nitrogen and oxygen atoms in total. The average molecular weight is 373 g/mol. The first-order chi connectivity index (χ1) is 12.8. The van der Waals surface area contributed by atoms with Crippen molar-refractivity contribution >= 4 is 16.9 Å². The Morgan fingerprint density at radius 3 is 2.52 bits per heavy atom. The van der Waals surface area contributed by atoms with Gasteiger partial charge >= 0.3 is 12.1 Å². The Labute approximate surface area is 154 Å². The fraction of sp³-hybridized carbons (Fsp3) is 0.238. The number of pyridine rings is 1. The molecule has 0 saturated heterocycles. The summed E-state index contributed by atoms with van der Waals surface area (Å²) in [7, 11) is 0. The zero-order valence-electron chi connectivity index (χ0n) is 14.7. The molecule has 0 spiro atoms. The van der Waals surface area contributed by atoms with Crippen LogP contribution < -0.4 is 0 Å². The molecule has 0 amide bonds. The molecule has 1 aromatic heterocycles. The van der Waals surface area contributed by atoms with Crippen LogP contribution in [0.2, 0.25) is 0 Å². The number of halogens is 3. The zero-order chi connectivity index (χ0) is 19.6. The first-order valence-corrected chi connectivity index (χ1v) is 8.65. The van der Waals surface area contributed by atoms with Crippen LogP contribution in [0.3, 0.4) is 0 Å². The Morgan fingerprint density at radius 2 is 1.85 bits per heavy atom. The van der Waals surface area contributed by atoms with Crippen molar-refractivity contribution in [2.75, 3.05) is 0 Å². The number of unbranched alkanes of at least 4 members (excludes halogenated alkanes) is 1. The maximum atomic E-state index is 13.3. The highest BCUT2D eigenvalue weighted by Crippen LogP contribution is 2.37. The number of fused-ring (bicyclic) bond motifs is 1. The second-order valence-electron chi connectivity index (χ2n) is 6.36. The molecule has 1 N–H and O–H groups in total. The van der Waals surface area contributed by atoms with Gasteiger partial charge < -0.3 is 5.11 Å². The van der Waals surface area contributed by atoms with Crippen LogP contribution in [0, 0.1) is 0 Å². The summed E-state index contributed by atoms with van der Waals surface area (Å²) < 4.78 is 40.0. The minimum Gasteiger partial charge on any atom is -0.478 e. The molecule has 0 fully saturated rings. The lowest BCUT2D eigenvalue weighted by atomic mass is 9.98. The number of hydrogen-bond acceptors (Lipinski definition) is 2. The molecule has 2 aromatic carbocycles. The molecule has 0 aliphatic carbocycles. The van der Waals surface area contributed by atoms with Gasteiger partial charge in [0.1, 0.15) is 0 Å². The van der Waals surface area contributed by atoms with Gasteiger partial charge in [0.15, 0.2) is 0 Å². The second kappa shape index (κ2) is 7.39. The van der Waals surface area contributed by atoms with Crippen molar-refractivity contribution in [3.63, 3.8) is 0 Å². The molecule has 6 heteroatoms. The molecule has 0 unspecified atom stereocenters. The third kappa shape index (κ3) is 3.94. The van der Waals surface area contributed by atoms with Crippen LogP contribution in [-0.4, -0.2) is 16.1 Å². The Kier molecular flexibility index (Phi) is 5.17. The highest BCUT2D eigenvalue weighted by molar-refractivity contribution is 6.04. The van der Waals surface area contributed by atoms with Crippen molar-refractivity contribution in [1.29, 1.82) is 0 Å². The van der Waals surface area contributed by atoms with E-state index in [1.54, 1.807) is 12.1 Å². The molecule has 0 aliphatic rings. The number of carbonyl (C=O) groups is 1. The van der Waals surface area contributed by atoms with Crippen molar-refractivity contribution in [2.45, 2.75) is 32.4 Å². The van der Waals surface area contributed by atoms with Gasteiger partial charge in [-0.05, 0) is 42.7 Å². The summed E-state index contributed by atoms with van der Waals surface area (Å²) in [6.45, 7) is 2.07. The van der Waals surface area contributed by atoms with Gasteiger partial charge in [-0.2, -0.15) is 13.2 Å². The fourth-order valence-electron chi connectivity index (χ4n) is 3.08. The first kappa shape index (κ1) is 18.9. The number of aromatic nitrogens is 1. The molecular weight excluding hydrogens is 355 g/mol. The van der Waals surface area contributed by atoms with Crippen molar-refractivity contribution in [2.24, 2.45) is 0 Å². The van der Waals surface area contributed by atoms with Crippen molar-refractivity contribution < 1.29 is 23.1 Å². The van der Waals surface area contributed by atoms with Crippen molar-refractivity contribution in [3.05, 3.63) is 65.2 Å². The van der Waals surface area contributed by atoms with Crippen LogP contribution in [0.1, 0.15) is 41.3 Å². The first-order valence-electron chi connectivity index (χ1n) is 8.65. The molecule has 0 saturated carbocycles.